The Morgan fingerprint density at radius 1 is 1.25 bits per heavy atom. The number of Topliss-reactive ketones (excluding diaryl/α,β-unsaturated/α-hetero) is 1. The second-order valence-corrected chi connectivity index (χ2v) is 6.29. The van der Waals surface area contributed by atoms with Gasteiger partial charge < -0.3 is 4.98 Å². The monoisotopic (exact) mass is 289 g/mol. The van der Waals surface area contributed by atoms with Crippen molar-refractivity contribution in [3.8, 4) is 0 Å². The van der Waals surface area contributed by atoms with Crippen molar-refractivity contribution < 1.29 is 4.79 Å². The van der Waals surface area contributed by atoms with Gasteiger partial charge in [-0.05, 0) is 24.5 Å². The summed E-state index contributed by atoms with van der Waals surface area (Å²) in [6.45, 7) is 0. The average molecular weight is 290 g/mol. The first-order chi connectivity index (χ1) is 9.74. The highest BCUT2D eigenvalue weighted by atomic mass is 35.5. The second kappa shape index (κ2) is 6.01. The van der Waals surface area contributed by atoms with Crippen molar-refractivity contribution in [2.24, 2.45) is 5.92 Å². The van der Waals surface area contributed by atoms with Gasteiger partial charge in [0.2, 0.25) is 0 Å². The summed E-state index contributed by atoms with van der Waals surface area (Å²) in [7, 11) is 0. The highest BCUT2D eigenvalue weighted by Crippen LogP contribution is 2.29. The predicted octanol–water partition coefficient (Wildman–Crippen LogP) is 5.36. The smallest absolute Gasteiger partial charge is 0.165 e. The zero-order valence-corrected chi connectivity index (χ0v) is 12.4. The zero-order chi connectivity index (χ0) is 13.9. The van der Waals surface area contributed by atoms with E-state index in [9.17, 15) is 4.79 Å². The Kier molecular flexibility index (Phi) is 4.11. The van der Waals surface area contributed by atoms with Gasteiger partial charge >= 0.3 is 0 Å². The number of nitrogens with one attached hydrogen (secondary N) is 1. The molecular formula is C17H20ClNO. The van der Waals surface area contributed by atoms with Crippen molar-refractivity contribution in [2.75, 3.05) is 0 Å². The lowest BCUT2D eigenvalue weighted by Gasteiger charge is -2.20. The minimum Gasteiger partial charge on any atom is -0.360 e. The first-order valence-corrected chi connectivity index (χ1v) is 7.91. The highest BCUT2D eigenvalue weighted by Gasteiger charge is 2.17. The number of aromatic amines is 1. The lowest BCUT2D eigenvalue weighted by molar-refractivity contribution is 0.0972. The van der Waals surface area contributed by atoms with E-state index >= 15 is 0 Å². The van der Waals surface area contributed by atoms with Crippen molar-refractivity contribution in [3.05, 3.63) is 35.0 Å². The lowest BCUT2D eigenvalue weighted by Crippen LogP contribution is -2.09. The molecule has 106 valence electrons. The molecule has 0 saturated heterocycles. The van der Waals surface area contributed by atoms with E-state index in [2.05, 4.69) is 4.98 Å². The van der Waals surface area contributed by atoms with Crippen molar-refractivity contribution in [1.29, 1.82) is 0 Å². The summed E-state index contributed by atoms with van der Waals surface area (Å²) in [5.74, 6) is 1.01. The van der Waals surface area contributed by atoms with Crippen LogP contribution in [0.5, 0.6) is 0 Å². The summed E-state index contributed by atoms with van der Waals surface area (Å²) in [5.41, 5.74) is 1.76. The molecule has 0 spiro atoms. The van der Waals surface area contributed by atoms with Crippen molar-refractivity contribution in [2.45, 2.75) is 44.9 Å². The van der Waals surface area contributed by atoms with E-state index in [1.54, 1.807) is 0 Å². The maximum atomic E-state index is 12.4. The van der Waals surface area contributed by atoms with E-state index in [4.69, 9.17) is 11.6 Å². The van der Waals surface area contributed by atoms with Gasteiger partial charge in [0.1, 0.15) is 0 Å². The topological polar surface area (TPSA) is 32.9 Å². The van der Waals surface area contributed by atoms with Crippen molar-refractivity contribution in [3.63, 3.8) is 0 Å². The van der Waals surface area contributed by atoms with E-state index in [-0.39, 0.29) is 5.78 Å². The standard InChI is InChI=1S/C17H20ClNO/c18-13-7-8-14-15(11-19-16(14)10-13)17(20)9-6-12-4-2-1-3-5-12/h7-8,10-12,19H,1-6,9H2. The molecule has 1 aliphatic carbocycles. The van der Waals surface area contributed by atoms with Crippen LogP contribution >= 0.6 is 11.6 Å². The summed E-state index contributed by atoms with van der Waals surface area (Å²) in [5, 5.41) is 1.68. The Balaban J connectivity index is 1.69. The third-order valence-electron chi connectivity index (χ3n) is 4.45. The van der Waals surface area contributed by atoms with Gasteiger partial charge in [-0.25, -0.2) is 0 Å². The molecule has 1 saturated carbocycles. The summed E-state index contributed by atoms with van der Waals surface area (Å²) < 4.78 is 0. The molecule has 0 atom stereocenters. The lowest BCUT2D eigenvalue weighted by atomic mass is 9.85. The molecule has 3 rings (SSSR count). The number of aromatic nitrogens is 1. The summed E-state index contributed by atoms with van der Waals surface area (Å²) in [4.78, 5) is 15.5. The Morgan fingerprint density at radius 3 is 2.85 bits per heavy atom. The number of H-pyrrole nitrogens is 1. The molecule has 0 bridgehead atoms. The molecule has 1 N–H and O–H groups in total. The van der Waals surface area contributed by atoms with Gasteiger partial charge in [-0.3, -0.25) is 4.79 Å². The molecule has 0 radical (unpaired) electrons. The van der Waals surface area contributed by atoms with Crippen LogP contribution in [0.2, 0.25) is 5.02 Å². The molecule has 20 heavy (non-hydrogen) atoms. The van der Waals surface area contributed by atoms with Crippen LogP contribution in [0.1, 0.15) is 55.3 Å². The van der Waals surface area contributed by atoms with Gasteiger partial charge in [0, 0.05) is 34.1 Å². The second-order valence-electron chi connectivity index (χ2n) is 5.86. The number of rotatable bonds is 4. The van der Waals surface area contributed by atoms with Gasteiger partial charge in [-0.2, -0.15) is 0 Å². The molecule has 0 amide bonds. The minimum atomic E-state index is 0.254. The Labute approximate surface area is 124 Å². The number of benzene rings is 1. The predicted molar refractivity (Wildman–Crippen MR) is 83.4 cm³/mol. The Hall–Kier alpha value is -1.28. The van der Waals surface area contributed by atoms with Crippen LogP contribution < -0.4 is 0 Å². The quantitative estimate of drug-likeness (QED) is 0.755. The number of carbonyl (C=O) groups excluding carboxylic acids is 1. The van der Waals surface area contributed by atoms with E-state index in [0.717, 1.165) is 28.8 Å². The molecule has 1 aromatic carbocycles. The first kappa shape index (κ1) is 13.7. The number of fused-ring (bicyclic) bond motifs is 1. The van der Waals surface area contributed by atoms with Crippen LogP contribution in [-0.4, -0.2) is 10.8 Å². The maximum absolute atomic E-state index is 12.4. The average Bonchev–Trinajstić information content (AvgIpc) is 2.89. The van der Waals surface area contributed by atoms with Crippen molar-refractivity contribution in [1.82, 2.24) is 4.98 Å². The number of hydrogen-bond acceptors (Lipinski definition) is 1. The van der Waals surface area contributed by atoms with Crippen molar-refractivity contribution >= 4 is 28.3 Å². The molecule has 0 unspecified atom stereocenters. The van der Waals surface area contributed by atoms with E-state index in [1.165, 1.54) is 32.1 Å². The Morgan fingerprint density at radius 2 is 2.05 bits per heavy atom. The van der Waals surface area contributed by atoms with E-state index in [0.29, 0.717) is 11.4 Å². The molecule has 2 aromatic rings. The molecule has 1 aliphatic rings. The fraction of sp³-hybridized carbons (Fsp3) is 0.471. The van der Waals surface area contributed by atoms with Crippen LogP contribution in [-0.2, 0) is 0 Å². The number of carbonyl (C=O) groups is 1. The summed E-state index contributed by atoms with van der Waals surface area (Å²) >= 11 is 5.97. The van der Waals surface area contributed by atoms with Crippen LogP contribution in [0, 0.1) is 5.92 Å². The van der Waals surface area contributed by atoms with Gasteiger partial charge in [-0.15, -0.1) is 0 Å². The maximum Gasteiger partial charge on any atom is 0.165 e. The van der Waals surface area contributed by atoms with Crippen LogP contribution in [0.4, 0.5) is 0 Å². The third-order valence-corrected chi connectivity index (χ3v) is 4.68. The fourth-order valence-corrected chi connectivity index (χ4v) is 3.45. The minimum absolute atomic E-state index is 0.254. The molecular weight excluding hydrogens is 270 g/mol. The Bertz CT molecular complexity index is 610. The van der Waals surface area contributed by atoms with Crippen LogP contribution in [0.3, 0.4) is 0 Å². The largest absolute Gasteiger partial charge is 0.360 e. The molecule has 3 heteroatoms. The molecule has 2 nitrogen and oxygen atoms in total. The van der Waals surface area contributed by atoms with Crippen LogP contribution in [0.25, 0.3) is 10.9 Å². The third kappa shape index (κ3) is 2.90. The summed E-state index contributed by atoms with van der Waals surface area (Å²) in [6.07, 6.45) is 10.2. The van der Waals surface area contributed by atoms with Gasteiger partial charge in [0.15, 0.2) is 5.78 Å². The molecule has 1 aromatic heterocycles. The number of ketones is 1. The normalized spacial score (nSPS) is 16.6. The van der Waals surface area contributed by atoms with Gasteiger partial charge in [-0.1, -0.05) is 49.8 Å². The molecule has 1 heterocycles. The van der Waals surface area contributed by atoms with E-state index < -0.39 is 0 Å². The van der Waals surface area contributed by atoms with Gasteiger partial charge in [0.05, 0.1) is 0 Å². The first-order valence-electron chi connectivity index (χ1n) is 7.54. The number of hydrogen-bond donors (Lipinski definition) is 1. The SMILES string of the molecule is O=C(CCC1CCCCC1)c1c[nH]c2cc(Cl)ccc12. The zero-order valence-electron chi connectivity index (χ0n) is 11.6. The number of halogens is 1. The molecule has 0 aliphatic heterocycles. The molecule has 1 fully saturated rings. The fourth-order valence-electron chi connectivity index (χ4n) is 3.27. The van der Waals surface area contributed by atoms with Gasteiger partial charge in [0.25, 0.3) is 0 Å². The highest BCUT2D eigenvalue weighted by molar-refractivity contribution is 6.31. The van der Waals surface area contributed by atoms with E-state index in [1.807, 2.05) is 24.4 Å². The summed E-state index contributed by atoms with van der Waals surface area (Å²) in [6, 6.07) is 5.65. The van der Waals surface area contributed by atoms with Crippen LogP contribution in [0.15, 0.2) is 24.4 Å².